The number of aromatic amines is 1. The first kappa shape index (κ1) is 15.9. The van der Waals surface area contributed by atoms with E-state index in [1.807, 2.05) is 55.4 Å². The Bertz CT molecular complexity index is 805. The van der Waals surface area contributed by atoms with E-state index in [1.165, 1.54) is 0 Å². The summed E-state index contributed by atoms with van der Waals surface area (Å²) in [6, 6.07) is 11.8. The van der Waals surface area contributed by atoms with E-state index in [4.69, 9.17) is 0 Å². The van der Waals surface area contributed by atoms with Crippen molar-refractivity contribution in [1.29, 1.82) is 0 Å². The van der Waals surface area contributed by atoms with Gasteiger partial charge in [0.2, 0.25) is 0 Å². The zero-order valence-corrected chi connectivity index (χ0v) is 13.7. The Balaban J connectivity index is 1.62. The first-order valence-corrected chi connectivity index (χ1v) is 7.67. The molecule has 0 saturated heterocycles. The van der Waals surface area contributed by atoms with E-state index < -0.39 is 0 Å². The molecular formula is C17H20N6O. The predicted molar refractivity (Wildman–Crippen MR) is 91.7 cm³/mol. The van der Waals surface area contributed by atoms with Crippen molar-refractivity contribution in [1.82, 2.24) is 24.9 Å². The van der Waals surface area contributed by atoms with Crippen LogP contribution in [-0.2, 0) is 13.1 Å². The number of nitrogens with one attached hydrogen (secondary N) is 2. The van der Waals surface area contributed by atoms with Crippen LogP contribution in [-0.4, -0.2) is 44.9 Å². The van der Waals surface area contributed by atoms with Crippen molar-refractivity contribution in [2.45, 2.75) is 13.1 Å². The maximum absolute atomic E-state index is 12.3. The molecule has 0 saturated carbocycles. The summed E-state index contributed by atoms with van der Waals surface area (Å²) < 4.78 is 1.74. The molecule has 0 spiro atoms. The molecule has 0 radical (unpaired) electrons. The molecule has 7 heteroatoms. The summed E-state index contributed by atoms with van der Waals surface area (Å²) in [4.78, 5) is 14.3. The van der Waals surface area contributed by atoms with Gasteiger partial charge >= 0.3 is 0 Å². The molecule has 3 aromatic rings. The molecule has 2 aromatic heterocycles. The Labute approximate surface area is 140 Å². The largest absolute Gasteiger partial charge is 0.305 e. The lowest BCUT2D eigenvalue weighted by molar-refractivity contribution is 0.102. The second kappa shape index (κ2) is 7.10. The highest BCUT2D eigenvalue weighted by molar-refractivity contribution is 6.03. The van der Waals surface area contributed by atoms with Gasteiger partial charge in [0.1, 0.15) is 0 Å². The second-order valence-corrected chi connectivity index (χ2v) is 5.88. The van der Waals surface area contributed by atoms with Crippen LogP contribution in [0.3, 0.4) is 0 Å². The topological polar surface area (TPSA) is 78.8 Å². The number of carbonyl (C=O) groups excluding carboxylic acids is 1. The normalized spacial score (nSPS) is 11.0. The smallest absolute Gasteiger partial charge is 0.260 e. The molecule has 0 aliphatic heterocycles. The van der Waals surface area contributed by atoms with E-state index in [0.29, 0.717) is 17.9 Å². The maximum Gasteiger partial charge on any atom is 0.260 e. The van der Waals surface area contributed by atoms with Crippen LogP contribution in [0.5, 0.6) is 0 Å². The Morgan fingerprint density at radius 2 is 2.08 bits per heavy atom. The third-order valence-electron chi connectivity index (χ3n) is 3.44. The lowest BCUT2D eigenvalue weighted by Crippen LogP contribution is -2.11. The van der Waals surface area contributed by atoms with E-state index in [0.717, 1.165) is 17.8 Å². The Morgan fingerprint density at radius 3 is 2.83 bits per heavy atom. The zero-order valence-electron chi connectivity index (χ0n) is 13.7. The molecule has 2 heterocycles. The van der Waals surface area contributed by atoms with E-state index >= 15 is 0 Å². The van der Waals surface area contributed by atoms with Gasteiger partial charge in [0.05, 0.1) is 24.0 Å². The minimum Gasteiger partial charge on any atom is -0.305 e. The third kappa shape index (κ3) is 4.08. The van der Waals surface area contributed by atoms with Gasteiger partial charge in [-0.05, 0) is 19.7 Å². The van der Waals surface area contributed by atoms with Gasteiger partial charge in [-0.2, -0.15) is 10.2 Å². The van der Waals surface area contributed by atoms with Crippen molar-refractivity contribution < 1.29 is 4.79 Å². The van der Waals surface area contributed by atoms with Crippen LogP contribution >= 0.6 is 0 Å². The number of hydrogen-bond acceptors (Lipinski definition) is 4. The first-order chi connectivity index (χ1) is 11.6. The summed E-state index contributed by atoms with van der Waals surface area (Å²) in [5.41, 5.74) is 2.58. The minimum absolute atomic E-state index is 0.225. The summed E-state index contributed by atoms with van der Waals surface area (Å²) in [7, 11) is 3.94. The van der Waals surface area contributed by atoms with Crippen LogP contribution in [0.25, 0.3) is 0 Å². The SMILES string of the molecule is CN(C)Cc1cc(NC(=O)c2cnn(Cc3ccccc3)c2)n[nH]1. The van der Waals surface area contributed by atoms with E-state index in [2.05, 4.69) is 20.6 Å². The average molecular weight is 324 g/mol. The highest BCUT2D eigenvalue weighted by Crippen LogP contribution is 2.10. The first-order valence-electron chi connectivity index (χ1n) is 7.67. The number of hydrogen-bond donors (Lipinski definition) is 2. The van der Waals surface area contributed by atoms with Crippen molar-refractivity contribution in [3.8, 4) is 0 Å². The highest BCUT2D eigenvalue weighted by Gasteiger charge is 2.11. The van der Waals surface area contributed by atoms with Crippen molar-refractivity contribution in [2.24, 2.45) is 0 Å². The number of anilines is 1. The monoisotopic (exact) mass is 324 g/mol. The molecule has 7 nitrogen and oxygen atoms in total. The molecule has 0 bridgehead atoms. The summed E-state index contributed by atoms with van der Waals surface area (Å²) in [6.07, 6.45) is 3.29. The molecule has 0 atom stereocenters. The third-order valence-corrected chi connectivity index (χ3v) is 3.44. The van der Waals surface area contributed by atoms with Gasteiger partial charge in [-0.15, -0.1) is 0 Å². The number of H-pyrrole nitrogens is 1. The number of nitrogens with zero attached hydrogens (tertiary/aromatic N) is 4. The van der Waals surface area contributed by atoms with Crippen molar-refractivity contribution in [3.05, 3.63) is 65.6 Å². The van der Waals surface area contributed by atoms with Crippen molar-refractivity contribution >= 4 is 11.7 Å². The van der Waals surface area contributed by atoms with Gasteiger partial charge in [0.15, 0.2) is 5.82 Å². The fourth-order valence-electron chi connectivity index (χ4n) is 2.37. The second-order valence-electron chi connectivity index (χ2n) is 5.88. The van der Waals surface area contributed by atoms with E-state index in [1.54, 1.807) is 17.1 Å². The molecule has 0 aliphatic rings. The predicted octanol–water partition coefficient (Wildman–Crippen LogP) is 1.97. The molecule has 2 N–H and O–H groups in total. The molecule has 1 aromatic carbocycles. The molecule has 3 rings (SSSR count). The molecular weight excluding hydrogens is 304 g/mol. The van der Waals surface area contributed by atoms with Crippen LogP contribution in [0.2, 0.25) is 0 Å². The highest BCUT2D eigenvalue weighted by atomic mass is 16.1. The van der Waals surface area contributed by atoms with Gasteiger partial charge in [0.25, 0.3) is 5.91 Å². The van der Waals surface area contributed by atoms with Crippen LogP contribution in [0.15, 0.2) is 48.8 Å². The van der Waals surface area contributed by atoms with Crippen molar-refractivity contribution in [2.75, 3.05) is 19.4 Å². The van der Waals surface area contributed by atoms with E-state index in [9.17, 15) is 4.79 Å². The number of amides is 1. The molecule has 124 valence electrons. The fourth-order valence-corrected chi connectivity index (χ4v) is 2.37. The lowest BCUT2D eigenvalue weighted by atomic mass is 10.2. The Kier molecular flexibility index (Phi) is 4.72. The number of carbonyl (C=O) groups is 1. The van der Waals surface area contributed by atoms with Crippen LogP contribution < -0.4 is 5.32 Å². The van der Waals surface area contributed by atoms with E-state index in [-0.39, 0.29) is 5.91 Å². The molecule has 0 unspecified atom stereocenters. The quantitative estimate of drug-likeness (QED) is 0.726. The summed E-state index contributed by atoms with van der Waals surface area (Å²) in [5, 5.41) is 14.0. The number of benzene rings is 1. The number of aromatic nitrogens is 4. The van der Waals surface area contributed by atoms with Crippen molar-refractivity contribution in [3.63, 3.8) is 0 Å². The van der Waals surface area contributed by atoms with Gasteiger partial charge in [-0.1, -0.05) is 30.3 Å². The molecule has 1 amide bonds. The van der Waals surface area contributed by atoms with Crippen LogP contribution in [0, 0.1) is 0 Å². The van der Waals surface area contributed by atoms with Gasteiger partial charge in [0, 0.05) is 18.8 Å². The molecule has 0 aliphatic carbocycles. The zero-order chi connectivity index (χ0) is 16.9. The van der Waals surface area contributed by atoms with Crippen LogP contribution in [0.1, 0.15) is 21.6 Å². The van der Waals surface area contributed by atoms with Gasteiger partial charge < -0.3 is 10.2 Å². The lowest BCUT2D eigenvalue weighted by Gasteiger charge is -2.05. The standard InChI is InChI=1S/C17H20N6O/c1-22(2)12-15-8-16(21-20-15)19-17(24)14-9-18-23(11-14)10-13-6-4-3-5-7-13/h3-9,11H,10,12H2,1-2H3,(H2,19,20,21,24). The molecule has 0 fully saturated rings. The van der Waals surface area contributed by atoms with Gasteiger partial charge in [-0.25, -0.2) is 0 Å². The summed E-state index contributed by atoms with van der Waals surface area (Å²) in [6.45, 7) is 1.36. The Hall–Kier alpha value is -2.93. The number of rotatable bonds is 6. The maximum atomic E-state index is 12.3. The average Bonchev–Trinajstić information content (AvgIpc) is 3.17. The Morgan fingerprint density at radius 1 is 1.29 bits per heavy atom. The molecule has 24 heavy (non-hydrogen) atoms. The minimum atomic E-state index is -0.225. The van der Waals surface area contributed by atoms with Crippen LogP contribution in [0.4, 0.5) is 5.82 Å². The van der Waals surface area contributed by atoms with Gasteiger partial charge in [-0.3, -0.25) is 14.6 Å². The summed E-state index contributed by atoms with van der Waals surface area (Å²) in [5.74, 6) is 0.282. The summed E-state index contributed by atoms with van der Waals surface area (Å²) >= 11 is 0. The fraction of sp³-hybridized carbons (Fsp3) is 0.235.